The Morgan fingerprint density at radius 3 is 1.38 bits per heavy atom. The van der Waals surface area contributed by atoms with E-state index in [4.69, 9.17) is 55.9 Å². The van der Waals surface area contributed by atoms with Gasteiger partial charge in [-0.1, -0.05) is 70.7 Å². The number of nitrogens with one attached hydrogen (secondary N) is 6. The van der Waals surface area contributed by atoms with Crippen LogP contribution in [0.4, 0.5) is 9.59 Å². The summed E-state index contributed by atoms with van der Waals surface area (Å²) in [6, 6.07) is 20.5. The maximum absolute atomic E-state index is 13.6. The molecule has 0 spiro atoms. The Labute approximate surface area is 479 Å². The maximum atomic E-state index is 13.6. The summed E-state index contributed by atoms with van der Waals surface area (Å²) in [6.45, 7) is 9.84. The minimum Gasteiger partial charge on any atom is -0.378 e. The average molecular weight is 1200 g/mol. The van der Waals surface area contributed by atoms with Crippen molar-refractivity contribution in [3.8, 4) is 0 Å². The van der Waals surface area contributed by atoms with E-state index >= 15 is 0 Å². The quantitative estimate of drug-likeness (QED) is 0.0407. The molecule has 2 fully saturated rings. The third-order valence-electron chi connectivity index (χ3n) is 14.7. The van der Waals surface area contributed by atoms with Crippen LogP contribution in [0.3, 0.4) is 0 Å². The number of fused-ring (bicyclic) bond motifs is 2. The topological polar surface area (TPSA) is 206 Å². The van der Waals surface area contributed by atoms with Crippen LogP contribution in [-0.4, -0.2) is 180 Å². The Morgan fingerprint density at radius 2 is 0.962 bits per heavy atom. The zero-order valence-electron chi connectivity index (χ0n) is 44.2. The van der Waals surface area contributed by atoms with Crippen molar-refractivity contribution in [3.63, 3.8) is 0 Å². The number of hydrogen-bond acceptors (Lipinski definition) is 12. The van der Waals surface area contributed by atoms with Crippen molar-refractivity contribution < 1.29 is 35.9 Å². The number of unbranched alkanes of at least 4 members (excludes halogenated alkanes) is 1. The Morgan fingerprint density at radius 1 is 0.551 bits per heavy atom. The number of halogens is 4. The molecule has 4 heterocycles. The van der Waals surface area contributed by atoms with E-state index in [1.165, 1.54) is 0 Å². The SMILES string of the molecule is CN1Cc2c(Cl)cc(Cl)cc2C(c2cccc(S(=O)(=O)N[C@@H]3CCN(CCOCCNC(=O)NCCCCNC(=O)NCCOCCN4CC[C@@H](NS(=O)(=O)c5cccc(C6CN(C)Cc7c(Cl)cc(Cl)cc76)c5)C4)C3)c2)C1. The molecule has 4 aromatic rings. The highest BCUT2D eigenvalue weighted by Gasteiger charge is 2.33. The van der Waals surface area contributed by atoms with E-state index < -0.39 is 20.0 Å². The number of nitrogens with zero attached hydrogens (tertiary/aromatic N) is 4. The fourth-order valence-electron chi connectivity index (χ4n) is 10.7. The van der Waals surface area contributed by atoms with Gasteiger partial charge in [0.25, 0.3) is 0 Å². The van der Waals surface area contributed by atoms with E-state index in [0.29, 0.717) is 151 Å². The molecule has 4 aliphatic heterocycles. The second-order valence-electron chi connectivity index (χ2n) is 20.7. The molecule has 4 aliphatic rings. The molecule has 0 bridgehead atoms. The first-order valence-electron chi connectivity index (χ1n) is 26.6. The lowest BCUT2D eigenvalue weighted by atomic mass is 9.85. The molecule has 18 nitrogen and oxygen atoms in total. The molecule has 2 saturated heterocycles. The van der Waals surface area contributed by atoms with Gasteiger partial charge < -0.3 is 40.5 Å². The lowest BCUT2D eigenvalue weighted by Crippen LogP contribution is -2.39. The number of benzene rings is 4. The molecule has 4 aromatic carbocycles. The standard InChI is InChI=1S/C54H72Cl4N10O8S2/c1-65-33-47(45-27-39(55)29-51(57)49(45)35-65)37-7-5-9-43(25-37)77(71,72)63-41-11-17-67(31-41)19-23-75-21-15-61-53(69)59-13-3-4-14-60-54(70)62-16-22-76-24-20-68-18-12-42(32-68)64-78(73,74)44-10-6-8-38(26-44)48-34-66(2)36-50-46(48)28-40(56)30-52(50)58/h5-10,25-30,41-42,47-48,63-64H,3-4,11-24,31-36H2,1-2H3,(H2,59,61,69)(H2,60,62,70)/t41-,42-,47?,48?/m1/s1. The Kier molecular flexibility index (Phi) is 21.8. The van der Waals surface area contributed by atoms with E-state index in [0.717, 1.165) is 46.5 Å². The van der Waals surface area contributed by atoms with Gasteiger partial charge in [0.05, 0.1) is 36.2 Å². The van der Waals surface area contributed by atoms with E-state index in [1.807, 2.05) is 38.4 Å². The molecule has 0 aliphatic carbocycles. The number of sulfonamides is 2. The van der Waals surface area contributed by atoms with Gasteiger partial charge in [-0.05, 0) is 135 Å². The number of carbonyl (C=O) groups is 2. The van der Waals surface area contributed by atoms with Crippen molar-refractivity contribution in [2.75, 3.05) is 119 Å². The van der Waals surface area contributed by atoms with Crippen LogP contribution in [0.25, 0.3) is 0 Å². The number of amides is 4. The summed E-state index contributed by atoms with van der Waals surface area (Å²) in [5.74, 6) is -0.153. The molecule has 0 aromatic heterocycles. The molecule has 426 valence electrons. The molecule has 2 unspecified atom stereocenters. The third-order valence-corrected chi connectivity index (χ3v) is 18.8. The van der Waals surface area contributed by atoms with Gasteiger partial charge in [-0.25, -0.2) is 35.9 Å². The van der Waals surface area contributed by atoms with Gasteiger partial charge in [0.15, 0.2) is 0 Å². The smallest absolute Gasteiger partial charge is 0.314 e. The minimum absolute atomic E-state index is 0.0763. The first-order valence-corrected chi connectivity index (χ1v) is 31.1. The number of urea groups is 2. The van der Waals surface area contributed by atoms with Gasteiger partial charge in [0, 0.05) is 123 Å². The van der Waals surface area contributed by atoms with E-state index in [2.05, 4.69) is 50.3 Å². The molecule has 4 atom stereocenters. The Hall–Kier alpha value is -3.84. The van der Waals surface area contributed by atoms with E-state index in [-0.39, 0.29) is 45.8 Å². The Balaban J connectivity index is 0.610. The predicted octanol–water partition coefficient (Wildman–Crippen LogP) is 6.27. The van der Waals surface area contributed by atoms with Gasteiger partial charge >= 0.3 is 12.1 Å². The number of likely N-dealkylation sites (tertiary alicyclic amines) is 2. The van der Waals surface area contributed by atoms with Gasteiger partial charge in [0.1, 0.15) is 0 Å². The zero-order chi connectivity index (χ0) is 55.4. The number of rotatable bonds is 25. The van der Waals surface area contributed by atoms with Crippen molar-refractivity contribution in [3.05, 3.63) is 126 Å². The lowest BCUT2D eigenvalue weighted by Gasteiger charge is -2.33. The number of carbonyl (C=O) groups excluding carboxylic acids is 2. The van der Waals surface area contributed by atoms with Crippen LogP contribution >= 0.6 is 46.4 Å². The number of likely N-dealkylation sites (N-methyl/N-ethyl adjacent to an activating group) is 2. The second-order valence-corrected chi connectivity index (χ2v) is 25.8. The molecular weight excluding hydrogens is 1120 g/mol. The van der Waals surface area contributed by atoms with Crippen molar-refractivity contribution in [2.24, 2.45) is 0 Å². The molecule has 6 N–H and O–H groups in total. The fourth-order valence-corrected chi connectivity index (χ4v) is 14.5. The van der Waals surface area contributed by atoms with Crippen molar-refractivity contribution in [1.29, 1.82) is 0 Å². The summed E-state index contributed by atoms with van der Waals surface area (Å²) in [4.78, 5) is 33.7. The summed E-state index contributed by atoms with van der Waals surface area (Å²) >= 11 is 25.9. The first-order chi connectivity index (χ1) is 37.4. The molecule has 78 heavy (non-hydrogen) atoms. The van der Waals surface area contributed by atoms with Gasteiger partial charge in [-0.3, -0.25) is 9.80 Å². The average Bonchev–Trinajstić information content (AvgIpc) is 4.05. The van der Waals surface area contributed by atoms with Crippen LogP contribution in [-0.2, 0) is 42.6 Å². The van der Waals surface area contributed by atoms with Crippen LogP contribution in [0, 0.1) is 0 Å². The van der Waals surface area contributed by atoms with Crippen molar-refractivity contribution in [2.45, 2.75) is 72.5 Å². The van der Waals surface area contributed by atoms with E-state index in [1.54, 1.807) is 48.5 Å². The summed E-state index contributed by atoms with van der Waals surface area (Å²) in [5, 5.41) is 13.5. The molecule has 0 saturated carbocycles. The van der Waals surface area contributed by atoms with Crippen LogP contribution in [0.5, 0.6) is 0 Å². The van der Waals surface area contributed by atoms with Crippen molar-refractivity contribution in [1.82, 2.24) is 50.3 Å². The van der Waals surface area contributed by atoms with Crippen LogP contribution in [0.1, 0.15) is 70.9 Å². The van der Waals surface area contributed by atoms with E-state index in [9.17, 15) is 26.4 Å². The lowest BCUT2D eigenvalue weighted by molar-refractivity contribution is 0.113. The predicted molar refractivity (Wildman–Crippen MR) is 306 cm³/mol. The minimum atomic E-state index is -3.77. The Bertz CT molecular complexity index is 2750. The summed E-state index contributed by atoms with van der Waals surface area (Å²) in [6.07, 6.45) is 2.72. The summed E-state index contributed by atoms with van der Waals surface area (Å²) < 4.78 is 71.6. The summed E-state index contributed by atoms with van der Waals surface area (Å²) in [5.41, 5.74) is 5.83. The van der Waals surface area contributed by atoms with Crippen LogP contribution in [0.15, 0.2) is 82.6 Å². The van der Waals surface area contributed by atoms with Gasteiger partial charge in [-0.2, -0.15) is 0 Å². The first kappa shape index (κ1) is 60.3. The summed E-state index contributed by atoms with van der Waals surface area (Å²) in [7, 11) is -3.51. The van der Waals surface area contributed by atoms with Gasteiger partial charge in [0.2, 0.25) is 20.0 Å². The second kappa shape index (κ2) is 28.2. The van der Waals surface area contributed by atoms with Crippen molar-refractivity contribution >= 4 is 78.5 Å². The number of ether oxygens (including phenoxy) is 2. The largest absolute Gasteiger partial charge is 0.378 e. The molecule has 4 amide bonds. The molecular formula is C54H72Cl4N10O8S2. The molecule has 8 rings (SSSR count). The monoisotopic (exact) mass is 1190 g/mol. The molecule has 24 heteroatoms. The number of hydrogen-bond donors (Lipinski definition) is 6. The van der Waals surface area contributed by atoms with Crippen LogP contribution < -0.4 is 30.7 Å². The normalized spacial score (nSPS) is 20.3. The highest BCUT2D eigenvalue weighted by Crippen LogP contribution is 2.40. The van der Waals surface area contributed by atoms with Gasteiger partial charge in [-0.15, -0.1) is 0 Å². The maximum Gasteiger partial charge on any atom is 0.314 e. The molecule has 0 radical (unpaired) electrons. The third kappa shape index (κ3) is 16.9. The fraction of sp³-hybridized carbons (Fsp3) is 0.519. The highest BCUT2D eigenvalue weighted by atomic mass is 35.5. The highest BCUT2D eigenvalue weighted by molar-refractivity contribution is 7.89. The zero-order valence-corrected chi connectivity index (χ0v) is 48.8. The van der Waals surface area contributed by atoms with Crippen LogP contribution in [0.2, 0.25) is 20.1 Å².